The highest BCUT2D eigenvalue weighted by molar-refractivity contribution is 5.69. The van der Waals surface area contributed by atoms with Crippen molar-refractivity contribution in [3.05, 3.63) is 0 Å². The van der Waals surface area contributed by atoms with Crippen molar-refractivity contribution in [1.29, 1.82) is 0 Å². The molecule has 1 saturated heterocycles. The highest BCUT2D eigenvalue weighted by Gasteiger charge is 2.27. The smallest absolute Gasteiger partial charge is 0.306 e. The Morgan fingerprint density at radius 1 is 1.50 bits per heavy atom. The Morgan fingerprint density at radius 3 is 2.50 bits per heavy atom. The number of carboxylic acids is 1. The average molecular weight is 228 g/mol. The fourth-order valence-corrected chi connectivity index (χ4v) is 2.46. The molecule has 4 heteroatoms. The number of nitrogens with one attached hydrogen (secondary N) is 1. The van der Waals surface area contributed by atoms with Crippen LogP contribution in [0.25, 0.3) is 0 Å². The van der Waals surface area contributed by atoms with E-state index in [1.807, 2.05) is 7.05 Å². The van der Waals surface area contributed by atoms with Crippen LogP contribution in [0.2, 0.25) is 0 Å². The van der Waals surface area contributed by atoms with E-state index in [0.717, 1.165) is 19.5 Å². The lowest BCUT2D eigenvalue weighted by atomic mass is 9.85. The van der Waals surface area contributed by atoms with Gasteiger partial charge in [0.25, 0.3) is 0 Å². The summed E-state index contributed by atoms with van der Waals surface area (Å²) in [5.74, 6) is -0.312. The van der Waals surface area contributed by atoms with Gasteiger partial charge >= 0.3 is 5.97 Å². The molecule has 1 fully saturated rings. The quantitative estimate of drug-likeness (QED) is 0.738. The van der Waals surface area contributed by atoms with Crippen molar-refractivity contribution >= 4 is 5.97 Å². The van der Waals surface area contributed by atoms with Crippen molar-refractivity contribution in [2.24, 2.45) is 11.8 Å². The second-order valence-corrected chi connectivity index (χ2v) is 5.01. The number of rotatable bonds is 5. The van der Waals surface area contributed by atoms with Crippen molar-refractivity contribution in [2.75, 3.05) is 27.2 Å². The minimum atomic E-state index is -0.687. The van der Waals surface area contributed by atoms with E-state index in [-0.39, 0.29) is 5.92 Å². The molecule has 0 radical (unpaired) electrons. The molecule has 0 aromatic carbocycles. The Labute approximate surface area is 98.0 Å². The number of carboxylic acid groups (broad SMARTS) is 1. The number of hydrogen-bond donors (Lipinski definition) is 2. The molecule has 1 heterocycles. The van der Waals surface area contributed by atoms with Gasteiger partial charge in [-0.3, -0.25) is 4.79 Å². The number of hydrogen-bond acceptors (Lipinski definition) is 3. The fraction of sp³-hybridized carbons (Fsp3) is 0.917. The van der Waals surface area contributed by atoms with Crippen LogP contribution in [-0.2, 0) is 4.79 Å². The van der Waals surface area contributed by atoms with E-state index >= 15 is 0 Å². The molecule has 0 spiro atoms. The Bertz CT molecular complexity index is 225. The van der Waals surface area contributed by atoms with Gasteiger partial charge in [-0.1, -0.05) is 6.92 Å². The van der Waals surface area contributed by atoms with Gasteiger partial charge in [-0.05, 0) is 52.4 Å². The molecule has 2 atom stereocenters. The largest absolute Gasteiger partial charge is 0.481 e. The first-order valence-electron chi connectivity index (χ1n) is 6.13. The molecule has 2 unspecified atom stereocenters. The molecule has 1 aliphatic heterocycles. The summed E-state index contributed by atoms with van der Waals surface area (Å²) in [5.41, 5.74) is 0. The normalized spacial score (nSPS) is 22.9. The average Bonchev–Trinajstić information content (AvgIpc) is 2.26. The van der Waals surface area contributed by atoms with Crippen molar-refractivity contribution in [2.45, 2.75) is 32.2 Å². The topological polar surface area (TPSA) is 52.6 Å². The maximum Gasteiger partial charge on any atom is 0.306 e. The van der Waals surface area contributed by atoms with Crippen LogP contribution in [0.3, 0.4) is 0 Å². The zero-order valence-electron chi connectivity index (χ0n) is 10.6. The summed E-state index contributed by atoms with van der Waals surface area (Å²) < 4.78 is 0. The van der Waals surface area contributed by atoms with Gasteiger partial charge in [-0.15, -0.1) is 0 Å². The number of aliphatic carboxylic acids is 1. The predicted molar refractivity (Wildman–Crippen MR) is 64.5 cm³/mol. The van der Waals surface area contributed by atoms with Gasteiger partial charge in [0.1, 0.15) is 0 Å². The van der Waals surface area contributed by atoms with Crippen LogP contribution in [0.1, 0.15) is 26.2 Å². The van der Waals surface area contributed by atoms with Gasteiger partial charge in [0.05, 0.1) is 5.92 Å². The fourth-order valence-electron chi connectivity index (χ4n) is 2.46. The van der Waals surface area contributed by atoms with E-state index in [9.17, 15) is 4.79 Å². The third kappa shape index (κ3) is 3.76. The van der Waals surface area contributed by atoms with E-state index < -0.39 is 5.97 Å². The molecule has 0 aromatic rings. The monoisotopic (exact) mass is 228 g/mol. The molecule has 2 N–H and O–H groups in total. The highest BCUT2D eigenvalue weighted by Crippen LogP contribution is 2.23. The van der Waals surface area contributed by atoms with Crippen LogP contribution in [0.4, 0.5) is 0 Å². The van der Waals surface area contributed by atoms with Crippen LogP contribution in [-0.4, -0.2) is 49.2 Å². The Balaban J connectivity index is 2.44. The van der Waals surface area contributed by atoms with E-state index in [1.165, 1.54) is 12.8 Å². The summed E-state index contributed by atoms with van der Waals surface area (Å²) in [5, 5.41) is 12.2. The van der Waals surface area contributed by atoms with Crippen molar-refractivity contribution < 1.29 is 9.90 Å². The Kier molecular flexibility index (Phi) is 5.22. The molecule has 1 rings (SSSR count). The maximum atomic E-state index is 10.8. The van der Waals surface area contributed by atoms with Gasteiger partial charge in [-0.2, -0.15) is 0 Å². The Morgan fingerprint density at radius 2 is 2.06 bits per heavy atom. The lowest BCUT2D eigenvalue weighted by molar-refractivity contribution is -0.141. The second-order valence-electron chi connectivity index (χ2n) is 5.01. The molecule has 0 bridgehead atoms. The minimum Gasteiger partial charge on any atom is -0.481 e. The summed E-state index contributed by atoms with van der Waals surface area (Å²) >= 11 is 0. The maximum absolute atomic E-state index is 10.8. The van der Waals surface area contributed by atoms with Crippen LogP contribution >= 0.6 is 0 Å². The predicted octanol–water partition coefficient (Wildman–Crippen LogP) is 1.03. The third-order valence-electron chi connectivity index (χ3n) is 3.73. The van der Waals surface area contributed by atoms with Crippen LogP contribution in [0, 0.1) is 11.8 Å². The SMILES string of the molecule is CNC(CC(C)C(=O)O)C1CCN(C)CC1. The minimum absolute atomic E-state index is 0.253. The lowest BCUT2D eigenvalue weighted by Gasteiger charge is -2.34. The molecule has 16 heavy (non-hydrogen) atoms. The van der Waals surface area contributed by atoms with E-state index in [4.69, 9.17) is 5.11 Å². The molecule has 94 valence electrons. The van der Waals surface area contributed by atoms with Crippen molar-refractivity contribution in [3.8, 4) is 0 Å². The summed E-state index contributed by atoms with van der Waals surface area (Å²) in [6.45, 7) is 4.05. The molecule has 4 nitrogen and oxygen atoms in total. The lowest BCUT2D eigenvalue weighted by Crippen LogP contribution is -2.42. The highest BCUT2D eigenvalue weighted by atomic mass is 16.4. The first-order chi connectivity index (χ1) is 7.54. The molecule has 0 saturated carbocycles. The van der Waals surface area contributed by atoms with Crippen LogP contribution < -0.4 is 5.32 Å². The number of nitrogens with zero attached hydrogens (tertiary/aromatic N) is 1. The van der Waals surface area contributed by atoms with E-state index in [2.05, 4.69) is 17.3 Å². The number of likely N-dealkylation sites (tertiary alicyclic amines) is 1. The third-order valence-corrected chi connectivity index (χ3v) is 3.73. The first kappa shape index (κ1) is 13.5. The van der Waals surface area contributed by atoms with E-state index in [1.54, 1.807) is 6.92 Å². The van der Waals surface area contributed by atoms with Gasteiger partial charge in [0.15, 0.2) is 0 Å². The molecular formula is C12H24N2O2. The summed E-state index contributed by atoms with van der Waals surface area (Å²) in [4.78, 5) is 13.2. The molecular weight excluding hydrogens is 204 g/mol. The van der Waals surface area contributed by atoms with E-state index in [0.29, 0.717) is 12.0 Å². The zero-order chi connectivity index (χ0) is 12.1. The zero-order valence-corrected chi connectivity index (χ0v) is 10.6. The molecule has 0 amide bonds. The van der Waals surface area contributed by atoms with Crippen molar-refractivity contribution in [1.82, 2.24) is 10.2 Å². The standard InChI is InChI=1S/C12H24N2O2/c1-9(12(15)16)8-11(13-2)10-4-6-14(3)7-5-10/h9-11,13H,4-8H2,1-3H3,(H,15,16). The van der Waals surface area contributed by atoms with Crippen molar-refractivity contribution in [3.63, 3.8) is 0 Å². The summed E-state index contributed by atoms with van der Waals surface area (Å²) in [6.07, 6.45) is 3.09. The molecule has 0 aliphatic carbocycles. The summed E-state index contributed by atoms with van der Waals surface area (Å²) in [7, 11) is 4.09. The van der Waals surface area contributed by atoms with Gasteiger partial charge in [0.2, 0.25) is 0 Å². The first-order valence-corrected chi connectivity index (χ1v) is 6.13. The van der Waals surface area contributed by atoms with Crippen LogP contribution in [0.15, 0.2) is 0 Å². The van der Waals surface area contributed by atoms with Crippen LogP contribution in [0.5, 0.6) is 0 Å². The Hall–Kier alpha value is -0.610. The number of carbonyl (C=O) groups is 1. The number of piperidine rings is 1. The van der Waals surface area contributed by atoms with Gasteiger partial charge in [0, 0.05) is 6.04 Å². The molecule has 1 aliphatic rings. The van der Waals surface area contributed by atoms with Gasteiger partial charge in [-0.25, -0.2) is 0 Å². The molecule has 0 aromatic heterocycles. The second kappa shape index (κ2) is 6.21. The van der Waals surface area contributed by atoms with Gasteiger partial charge < -0.3 is 15.3 Å². The summed E-state index contributed by atoms with van der Waals surface area (Å²) in [6, 6.07) is 0.347.